The molecular formula is C18H14ClN3OS. The topological polar surface area (TPSA) is 46.9 Å². The van der Waals surface area contributed by atoms with Gasteiger partial charge < -0.3 is 5.32 Å². The van der Waals surface area contributed by atoms with Gasteiger partial charge in [-0.3, -0.25) is 9.36 Å². The molecule has 0 aliphatic rings. The normalized spacial score (nSPS) is 11.2. The highest BCUT2D eigenvalue weighted by Crippen LogP contribution is 2.35. The summed E-state index contributed by atoms with van der Waals surface area (Å²) in [6, 6.07) is 13.2. The first-order valence-corrected chi connectivity index (χ1v) is 8.81. The summed E-state index contributed by atoms with van der Waals surface area (Å²) in [5, 5.41) is 4.99. The fourth-order valence-corrected chi connectivity index (χ4v) is 4.04. The van der Waals surface area contributed by atoms with E-state index in [4.69, 9.17) is 11.6 Å². The minimum absolute atomic E-state index is 0.0639. The molecule has 0 aliphatic heterocycles. The molecule has 2 aromatic carbocycles. The van der Waals surface area contributed by atoms with Gasteiger partial charge >= 0.3 is 0 Å². The predicted octanol–water partition coefficient (Wildman–Crippen LogP) is 4.69. The average Bonchev–Trinajstić information content (AvgIpc) is 2.97. The SMILES string of the molecule is CCNc1cccc2sc3c(=O)n(-c4ccc(Cl)cc4)cnc3c12. The van der Waals surface area contributed by atoms with E-state index in [-0.39, 0.29) is 5.56 Å². The van der Waals surface area contributed by atoms with E-state index in [2.05, 4.69) is 10.3 Å². The van der Waals surface area contributed by atoms with Crippen molar-refractivity contribution < 1.29 is 0 Å². The Balaban J connectivity index is 2.00. The quantitative estimate of drug-likeness (QED) is 0.580. The zero-order valence-electron chi connectivity index (χ0n) is 12.9. The first-order chi connectivity index (χ1) is 11.7. The third-order valence-electron chi connectivity index (χ3n) is 3.88. The summed E-state index contributed by atoms with van der Waals surface area (Å²) < 4.78 is 3.27. The van der Waals surface area contributed by atoms with E-state index < -0.39 is 0 Å². The molecule has 1 N–H and O–H groups in total. The van der Waals surface area contributed by atoms with E-state index in [1.165, 1.54) is 11.3 Å². The van der Waals surface area contributed by atoms with Gasteiger partial charge in [-0.05, 0) is 43.3 Å². The molecule has 4 nitrogen and oxygen atoms in total. The third kappa shape index (κ3) is 2.37. The zero-order valence-corrected chi connectivity index (χ0v) is 14.5. The summed E-state index contributed by atoms with van der Waals surface area (Å²) in [4.78, 5) is 17.5. The highest BCUT2D eigenvalue weighted by atomic mass is 35.5. The molecule has 0 bridgehead atoms. The van der Waals surface area contributed by atoms with Crippen LogP contribution in [0, 0.1) is 0 Å². The summed E-state index contributed by atoms with van der Waals surface area (Å²) in [5.74, 6) is 0. The minimum Gasteiger partial charge on any atom is -0.385 e. The molecule has 0 unspecified atom stereocenters. The molecule has 0 radical (unpaired) electrons. The van der Waals surface area contributed by atoms with Gasteiger partial charge in [-0.15, -0.1) is 11.3 Å². The van der Waals surface area contributed by atoms with Crippen molar-refractivity contribution >= 4 is 48.9 Å². The number of benzene rings is 2. The Morgan fingerprint density at radius 1 is 1.21 bits per heavy atom. The highest BCUT2D eigenvalue weighted by molar-refractivity contribution is 7.25. The zero-order chi connectivity index (χ0) is 16.7. The van der Waals surface area contributed by atoms with Crippen molar-refractivity contribution in [3.05, 3.63) is 64.2 Å². The number of halogens is 1. The van der Waals surface area contributed by atoms with Crippen LogP contribution in [-0.2, 0) is 0 Å². The van der Waals surface area contributed by atoms with E-state index in [9.17, 15) is 4.79 Å². The van der Waals surface area contributed by atoms with Gasteiger partial charge in [-0.1, -0.05) is 17.7 Å². The van der Waals surface area contributed by atoms with Crippen molar-refractivity contribution in [1.82, 2.24) is 9.55 Å². The number of rotatable bonds is 3. The van der Waals surface area contributed by atoms with Crippen molar-refractivity contribution in [2.45, 2.75) is 6.92 Å². The molecule has 2 heterocycles. The molecule has 0 spiro atoms. The Morgan fingerprint density at radius 3 is 2.75 bits per heavy atom. The maximum Gasteiger partial charge on any atom is 0.275 e. The van der Waals surface area contributed by atoms with Crippen LogP contribution in [0.25, 0.3) is 26.0 Å². The molecule has 0 atom stereocenters. The van der Waals surface area contributed by atoms with Crippen LogP contribution in [0.2, 0.25) is 5.02 Å². The van der Waals surface area contributed by atoms with Gasteiger partial charge in [0.2, 0.25) is 0 Å². The minimum atomic E-state index is -0.0639. The maximum absolute atomic E-state index is 12.9. The number of thiophene rings is 1. The fraction of sp³-hybridized carbons (Fsp3) is 0.111. The first-order valence-electron chi connectivity index (χ1n) is 7.61. The number of aromatic nitrogens is 2. The van der Waals surface area contributed by atoms with Crippen molar-refractivity contribution in [1.29, 1.82) is 0 Å². The molecule has 24 heavy (non-hydrogen) atoms. The van der Waals surface area contributed by atoms with Gasteiger partial charge in [0, 0.05) is 27.3 Å². The summed E-state index contributed by atoms with van der Waals surface area (Å²) in [6.07, 6.45) is 1.59. The monoisotopic (exact) mass is 355 g/mol. The Morgan fingerprint density at radius 2 is 2.00 bits per heavy atom. The van der Waals surface area contributed by atoms with Gasteiger partial charge in [-0.2, -0.15) is 0 Å². The molecule has 2 aromatic heterocycles. The van der Waals surface area contributed by atoms with Crippen molar-refractivity contribution in [3.63, 3.8) is 0 Å². The highest BCUT2D eigenvalue weighted by Gasteiger charge is 2.14. The lowest BCUT2D eigenvalue weighted by Crippen LogP contribution is -2.17. The lowest BCUT2D eigenvalue weighted by atomic mass is 10.2. The summed E-state index contributed by atoms with van der Waals surface area (Å²) in [6.45, 7) is 2.87. The van der Waals surface area contributed by atoms with Crippen LogP contribution < -0.4 is 10.9 Å². The second-order valence-electron chi connectivity index (χ2n) is 5.38. The molecule has 0 fully saturated rings. The predicted molar refractivity (Wildman–Crippen MR) is 102 cm³/mol. The Hall–Kier alpha value is -2.37. The average molecular weight is 356 g/mol. The van der Waals surface area contributed by atoms with E-state index in [0.717, 1.165) is 33.5 Å². The Labute approximate surface area is 147 Å². The van der Waals surface area contributed by atoms with Gasteiger partial charge in [0.05, 0.1) is 11.2 Å². The maximum atomic E-state index is 12.9. The van der Waals surface area contributed by atoms with Crippen LogP contribution in [-0.4, -0.2) is 16.1 Å². The van der Waals surface area contributed by atoms with Crippen LogP contribution in [0.1, 0.15) is 6.92 Å². The van der Waals surface area contributed by atoms with Crippen LogP contribution in [0.15, 0.2) is 53.6 Å². The van der Waals surface area contributed by atoms with E-state index in [1.54, 1.807) is 23.0 Å². The second-order valence-corrected chi connectivity index (χ2v) is 6.87. The standard InChI is InChI=1S/C18H14ClN3OS/c1-2-20-13-4-3-5-14-15(13)16-17(24-14)18(23)22(10-21-16)12-8-6-11(19)7-9-12/h3-10,20H,2H2,1H3. The number of nitrogens with one attached hydrogen (secondary N) is 1. The lowest BCUT2D eigenvalue weighted by Gasteiger charge is -2.06. The van der Waals surface area contributed by atoms with Crippen molar-refractivity contribution in [2.24, 2.45) is 0 Å². The van der Waals surface area contributed by atoms with Crippen LogP contribution >= 0.6 is 22.9 Å². The Kier molecular flexibility index (Phi) is 3.75. The van der Waals surface area contributed by atoms with Crippen molar-refractivity contribution in [2.75, 3.05) is 11.9 Å². The smallest absolute Gasteiger partial charge is 0.275 e. The number of nitrogens with zero attached hydrogens (tertiary/aromatic N) is 2. The van der Waals surface area contributed by atoms with Gasteiger partial charge in [0.1, 0.15) is 11.0 Å². The molecule has 0 amide bonds. The molecule has 6 heteroatoms. The van der Waals surface area contributed by atoms with E-state index >= 15 is 0 Å². The van der Waals surface area contributed by atoms with E-state index in [1.807, 2.05) is 37.3 Å². The number of anilines is 1. The van der Waals surface area contributed by atoms with Crippen LogP contribution in [0.4, 0.5) is 5.69 Å². The molecule has 0 saturated carbocycles. The van der Waals surface area contributed by atoms with Gasteiger partial charge in [0.25, 0.3) is 5.56 Å². The molecular weight excluding hydrogens is 342 g/mol. The molecule has 4 rings (SSSR count). The third-order valence-corrected chi connectivity index (χ3v) is 5.26. The largest absolute Gasteiger partial charge is 0.385 e. The first kappa shape index (κ1) is 15.2. The Bertz CT molecular complexity index is 1100. The van der Waals surface area contributed by atoms with E-state index in [0.29, 0.717) is 9.72 Å². The van der Waals surface area contributed by atoms with Crippen LogP contribution in [0.5, 0.6) is 0 Å². The molecule has 0 aliphatic carbocycles. The number of hydrogen-bond acceptors (Lipinski definition) is 4. The second kappa shape index (κ2) is 5.92. The summed E-state index contributed by atoms with van der Waals surface area (Å²) >= 11 is 7.41. The van der Waals surface area contributed by atoms with Crippen molar-refractivity contribution in [3.8, 4) is 5.69 Å². The lowest BCUT2D eigenvalue weighted by molar-refractivity contribution is 0.968. The molecule has 4 aromatic rings. The molecule has 120 valence electrons. The van der Waals surface area contributed by atoms with Gasteiger partial charge in [-0.25, -0.2) is 4.98 Å². The van der Waals surface area contributed by atoms with Crippen LogP contribution in [0.3, 0.4) is 0 Å². The number of fused-ring (bicyclic) bond motifs is 3. The van der Waals surface area contributed by atoms with Gasteiger partial charge in [0.15, 0.2) is 0 Å². The number of hydrogen-bond donors (Lipinski definition) is 1. The summed E-state index contributed by atoms with van der Waals surface area (Å²) in [7, 11) is 0. The molecule has 0 saturated heterocycles. The summed E-state index contributed by atoms with van der Waals surface area (Å²) in [5.41, 5.74) is 2.45. The fourth-order valence-electron chi connectivity index (χ4n) is 2.80.